The summed E-state index contributed by atoms with van der Waals surface area (Å²) in [5.41, 5.74) is 0. The highest BCUT2D eigenvalue weighted by molar-refractivity contribution is 7.91. The molecule has 0 aromatic carbocycles. The molecule has 2 saturated heterocycles. The van der Waals surface area contributed by atoms with Crippen LogP contribution in [0.3, 0.4) is 0 Å². The molecule has 0 unspecified atom stereocenters. The summed E-state index contributed by atoms with van der Waals surface area (Å²) in [7, 11) is -3.51. The Morgan fingerprint density at radius 2 is 2.03 bits per heavy atom. The van der Waals surface area contributed by atoms with E-state index in [1.807, 2.05) is 11.8 Å². The van der Waals surface area contributed by atoms with Crippen molar-refractivity contribution in [1.29, 1.82) is 0 Å². The van der Waals surface area contributed by atoms with Gasteiger partial charge in [0.2, 0.25) is 11.8 Å². The third kappa shape index (κ3) is 5.51. The number of nitrogens with one attached hydrogen (secondary N) is 1. The van der Waals surface area contributed by atoms with Crippen LogP contribution in [0.4, 0.5) is 0 Å². The number of nitrogens with zero attached hydrogens (tertiary/aromatic N) is 2. The van der Waals surface area contributed by atoms with E-state index in [-0.39, 0.29) is 27.9 Å². The van der Waals surface area contributed by atoms with Crippen molar-refractivity contribution in [2.45, 2.75) is 43.2 Å². The van der Waals surface area contributed by atoms with Gasteiger partial charge in [-0.15, -0.1) is 11.3 Å². The molecule has 10 heteroatoms. The number of amides is 2. The van der Waals surface area contributed by atoms with Crippen LogP contribution in [-0.4, -0.2) is 62.2 Å². The molecule has 2 amide bonds. The van der Waals surface area contributed by atoms with Crippen LogP contribution in [0, 0.1) is 11.8 Å². The Bertz CT molecular complexity index is 834. The molecular formula is C19H28ClN3O4S2. The second-order valence-corrected chi connectivity index (χ2v) is 11.6. The van der Waals surface area contributed by atoms with Crippen LogP contribution in [-0.2, 0) is 19.6 Å². The normalized spacial score (nSPS) is 20.2. The first kappa shape index (κ1) is 22.5. The molecule has 2 aliphatic rings. The van der Waals surface area contributed by atoms with Gasteiger partial charge >= 0.3 is 0 Å². The van der Waals surface area contributed by atoms with E-state index in [4.69, 9.17) is 11.6 Å². The highest BCUT2D eigenvalue weighted by atomic mass is 35.5. The number of halogens is 1. The quantitative estimate of drug-likeness (QED) is 0.603. The summed E-state index contributed by atoms with van der Waals surface area (Å²) < 4.78 is 27.6. The van der Waals surface area contributed by atoms with Crippen molar-refractivity contribution in [3.63, 3.8) is 0 Å². The lowest BCUT2D eigenvalue weighted by Crippen LogP contribution is -2.42. The average molecular weight is 462 g/mol. The minimum atomic E-state index is -3.51. The lowest BCUT2D eigenvalue weighted by Gasteiger charge is -2.33. The molecule has 0 bridgehead atoms. The van der Waals surface area contributed by atoms with E-state index in [0.29, 0.717) is 49.8 Å². The summed E-state index contributed by atoms with van der Waals surface area (Å²) in [4.78, 5) is 25.9. The minimum absolute atomic E-state index is 0.00379. The van der Waals surface area contributed by atoms with Gasteiger partial charge in [-0.05, 0) is 43.7 Å². The third-order valence-corrected chi connectivity index (χ3v) is 9.43. The SMILES string of the molecule is C[C@@H](C(=O)NCCCN1CCCC1=O)C1CCN(S(=O)(=O)c2ccc(Cl)s2)CC1. The number of carbonyl (C=O) groups excluding carboxylic acids is 2. The lowest BCUT2D eigenvalue weighted by atomic mass is 9.85. The lowest BCUT2D eigenvalue weighted by molar-refractivity contribution is -0.127. The molecule has 162 valence electrons. The van der Waals surface area contributed by atoms with Gasteiger partial charge in [0, 0.05) is 45.1 Å². The summed E-state index contributed by atoms with van der Waals surface area (Å²) >= 11 is 6.94. The van der Waals surface area contributed by atoms with Crippen LogP contribution in [0.2, 0.25) is 4.34 Å². The molecule has 1 aromatic heterocycles. The van der Waals surface area contributed by atoms with Gasteiger partial charge < -0.3 is 10.2 Å². The van der Waals surface area contributed by atoms with Crippen molar-refractivity contribution in [1.82, 2.24) is 14.5 Å². The van der Waals surface area contributed by atoms with Crippen LogP contribution < -0.4 is 5.32 Å². The monoisotopic (exact) mass is 461 g/mol. The van der Waals surface area contributed by atoms with Gasteiger partial charge in [-0.3, -0.25) is 9.59 Å². The van der Waals surface area contributed by atoms with Crippen LogP contribution >= 0.6 is 22.9 Å². The van der Waals surface area contributed by atoms with Gasteiger partial charge in [0.25, 0.3) is 10.0 Å². The van der Waals surface area contributed by atoms with Crippen LogP contribution in [0.1, 0.15) is 39.0 Å². The van der Waals surface area contributed by atoms with Crippen molar-refractivity contribution in [3.05, 3.63) is 16.5 Å². The predicted molar refractivity (Wildman–Crippen MR) is 113 cm³/mol. The molecule has 0 spiro atoms. The largest absolute Gasteiger partial charge is 0.356 e. The molecule has 1 aromatic rings. The van der Waals surface area contributed by atoms with E-state index in [1.165, 1.54) is 4.31 Å². The Hall–Kier alpha value is -1.16. The molecule has 3 rings (SSSR count). The Morgan fingerprint density at radius 3 is 2.62 bits per heavy atom. The first-order chi connectivity index (χ1) is 13.8. The summed E-state index contributed by atoms with van der Waals surface area (Å²) in [5.74, 6) is 0.207. The maximum atomic E-state index is 12.7. The Balaban J connectivity index is 1.41. The zero-order valence-corrected chi connectivity index (χ0v) is 19.0. The number of hydrogen-bond acceptors (Lipinski definition) is 5. The van der Waals surface area contributed by atoms with E-state index in [2.05, 4.69) is 5.32 Å². The van der Waals surface area contributed by atoms with Crippen molar-refractivity contribution >= 4 is 44.8 Å². The Labute approximate surface area is 181 Å². The number of piperidine rings is 1. The number of likely N-dealkylation sites (tertiary alicyclic amines) is 1. The van der Waals surface area contributed by atoms with Gasteiger partial charge in [0.05, 0.1) is 4.34 Å². The summed E-state index contributed by atoms with van der Waals surface area (Å²) in [5, 5.41) is 2.97. The average Bonchev–Trinajstić information content (AvgIpc) is 3.33. The second kappa shape index (κ2) is 9.76. The van der Waals surface area contributed by atoms with Crippen LogP contribution in [0.5, 0.6) is 0 Å². The Morgan fingerprint density at radius 1 is 1.31 bits per heavy atom. The smallest absolute Gasteiger partial charge is 0.252 e. The minimum Gasteiger partial charge on any atom is -0.356 e. The number of sulfonamides is 1. The molecule has 0 radical (unpaired) electrons. The maximum Gasteiger partial charge on any atom is 0.252 e. The van der Waals surface area contributed by atoms with Crippen molar-refractivity contribution in [2.24, 2.45) is 11.8 Å². The zero-order valence-electron chi connectivity index (χ0n) is 16.6. The first-order valence-electron chi connectivity index (χ1n) is 10.1. The number of thiophene rings is 1. The second-order valence-electron chi connectivity index (χ2n) is 7.72. The van der Waals surface area contributed by atoms with Gasteiger partial charge in [-0.2, -0.15) is 4.31 Å². The summed E-state index contributed by atoms with van der Waals surface area (Å²) in [6.07, 6.45) is 3.64. The van der Waals surface area contributed by atoms with Crippen molar-refractivity contribution in [3.8, 4) is 0 Å². The molecule has 29 heavy (non-hydrogen) atoms. The molecular weight excluding hydrogens is 434 g/mol. The fraction of sp³-hybridized carbons (Fsp3) is 0.684. The van der Waals surface area contributed by atoms with E-state index in [0.717, 1.165) is 30.7 Å². The standard InChI is InChI=1S/C19H28ClN3O4S2/c1-14(19(25)21-9-3-11-22-10-2-4-17(22)24)15-7-12-23(13-8-15)29(26,27)18-6-5-16(20)28-18/h5-6,14-15H,2-4,7-13H2,1H3,(H,21,25)/t14-/m1/s1. The van der Waals surface area contributed by atoms with Crippen molar-refractivity contribution < 1.29 is 18.0 Å². The molecule has 0 saturated carbocycles. The molecule has 2 aliphatic heterocycles. The number of hydrogen-bond donors (Lipinski definition) is 1. The van der Waals surface area contributed by atoms with E-state index < -0.39 is 10.0 Å². The molecule has 3 heterocycles. The van der Waals surface area contributed by atoms with E-state index in [9.17, 15) is 18.0 Å². The maximum absolute atomic E-state index is 12.7. The molecule has 0 aliphatic carbocycles. The topological polar surface area (TPSA) is 86.8 Å². The van der Waals surface area contributed by atoms with Gasteiger partial charge in [0.15, 0.2) is 0 Å². The van der Waals surface area contributed by atoms with Crippen LogP contribution in [0.15, 0.2) is 16.3 Å². The van der Waals surface area contributed by atoms with Gasteiger partial charge in [0.1, 0.15) is 4.21 Å². The highest BCUT2D eigenvalue weighted by Crippen LogP contribution is 2.32. The fourth-order valence-corrected chi connectivity index (χ4v) is 7.08. The van der Waals surface area contributed by atoms with Crippen molar-refractivity contribution in [2.75, 3.05) is 32.7 Å². The molecule has 1 N–H and O–H groups in total. The van der Waals surface area contributed by atoms with Gasteiger partial charge in [-0.25, -0.2) is 8.42 Å². The number of rotatable bonds is 8. The Kier molecular flexibility index (Phi) is 7.58. The zero-order chi connectivity index (χ0) is 21.0. The van der Waals surface area contributed by atoms with E-state index in [1.54, 1.807) is 12.1 Å². The van der Waals surface area contributed by atoms with Crippen LogP contribution in [0.25, 0.3) is 0 Å². The number of carbonyl (C=O) groups is 2. The predicted octanol–water partition coefficient (Wildman–Crippen LogP) is 2.57. The molecule has 1 atom stereocenters. The first-order valence-corrected chi connectivity index (χ1v) is 12.7. The molecule has 7 nitrogen and oxygen atoms in total. The fourth-order valence-electron chi connectivity index (χ4n) is 3.98. The third-order valence-electron chi connectivity index (χ3n) is 5.84. The summed E-state index contributed by atoms with van der Waals surface area (Å²) in [6.45, 7) is 4.81. The van der Waals surface area contributed by atoms with E-state index >= 15 is 0 Å². The van der Waals surface area contributed by atoms with Gasteiger partial charge in [-0.1, -0.05) is 18.5 Å². The summed E-state index contributed by atoms with van der Waals surface area (Å²) in [6, 6.07) is 3.14. The highest BCUT2D eigenvalue weighted by Gasteiger charge is 2.34. The molecule has 2 fully saturated rings.